The summed E-state index contributed by atoms with van der Waals surface area (Å²) in [5.41, 5.74) is 0.308. The van der Waals surface area contributed by atoms with Crippen molar-refractivity contribution in [2.24, 2.45) is 0 Å². The number of rotatable bonds is 10. The van der Waals surface area contributed by atoms with Crippen LogP contribution in [-0.4, -0.2) is 60.0 Å². The Hall–Kier alpha value is -3.30. The van der Waals surface area contributed by atoms with E-state index in [4.69, 9.17) is 14.2 Å². The quantitative estimate of drug-likeness (QED) is 0.373. The first-order chi connectivity index (χ1) is 14.5. The van der Waals surface area contributed by atoms with Gasteiger partial charge in [-0.25, -0.2) is 4.39 Å². The van der Waals surface area contributed by atoms with Gasteiger partial charge in [0.25, 0.3) is 0 Å². The predicted molar refractivity (Wildman–Crippen MR) is 108 cm³/mol. The minimum Gasteiger partial charge on any atom is -0.508 e. The van der Waals surface area contributed by atoms with Crippen molar-refractivity contribution < 1.29 is 33.9 Å². The van der Waals surface area contributed by atoms with Crippen LogP contribution in [0.25, 0.3) is 22.2 Å². The number of aromatic amines is 1. The SMILES string of the molecule is O=c1c(O)c(-c2ccc(OCCOCCOCCF)c(O)c2)[nH]c2ccc(O)cc12. The molecule has 3 aromatic rings. The summed E-state index contributed by atoms with van der Waals surface area (Å²) in [6, 6.07) is 8.66. The summed E-state index contributed by atoms with van der Waals surface area (Å²) in [5, 5.41) is 30.2. The molecule has 0 saturated heterocycles. The molecule has 0 aliphatic rings. The molecule has 1 heterocycles. The highest BCUT2D eigenvalue weighted by molar-refractivity contribution is 5.85. The van der Waals surface area contributed by atoms with Gasteiger partial charge in [0, 0.05) is 5.56 Å². The van der Waals surface area contributed by atoms with Gasteiger partial charge in [-0.1, -0.05) is 0 Å². The highest BCUT2D eigenvalue weighted by atomic mass is 19.1. The van der Waals surface area contributed by atoms with E-state index in [1.807, 2.05) is 0 Å². The van der Waals surface area contributed by atoms with Gasteiger partial charge in [-0.05, 0) is 36.4 Å². The topological polar surface area (TPSA) is 121 Å². The maximum absolute atomic E-state index is 12.4. The molecule has 0 atom stereocenters. The molecule has 8 nitrogen and oxygen atoms in total. The molecule has 4 N–H and O–H groups in total. The molecule has 3 rings (SSSR count). The maximum atomic E-state index is 12.4. The number of phenolic OH excluding ortho intramolecular Hbond substituents is 2. The Balaban J connectivity index is 1.67. The van der Waals surface area contributed by atoms with Crippen molar-refractivity contribution >= 4 is 10.9 Å². The lowest BCUT2D eigenvalue weighted by Gasteiger charge is -2.12. The molecular formula is C21H22FNO7. The maximum Gasteiger partial charge on any atom is 0.231 e. The number of halogens is 1. The van der Waals surface area contributed by atoms with Gasteiger partial charge < -0.3 is 34.5 Å². The van der Waals surface area contributed by atoms with Crippen LogP contribution < -0.4 is 10.2 Å². The largest absolute Gasteiger partial charge is 0.508 e. The van der Waals surface area contributed by atoms with Crippen molar-refractivity contribution in [3.63, 3.8) is 0 Å². The second-order valence-corrected chi connectivity index (χ2v) is 6.35. The lowest BCUT2D eigenvalue weighted by Crippen LogP contribution is -2.11. The number of nitrogens with one attached hydrogen (secondary N) is 1. The molecule has 0 unspecified atom stereocenters. The van der Waals surface area contributed by atoms with Crippen LogP contribution in [0.1, 0.15) is 0 Å². The van der Waals surface area contributed by atoms with E-state index in [9.17, 15) is 24.5 Å². The second-order valence-electron chi connectivity index (χ2n) is 6.35. The fourth-order valence-electron chi connectivity index (χ4n) is 2.85. The standard InChI is InChI=1S/C21H22FNO7/c22-5-6-28-7-8-29-9-10-30-18-4-1-13(11-17(18)25)19-21(27)20(26)15-12-14(24)2-3-16(15)23-19/h1-4,11-12,24-25,27H,5-10H2,(H,23,26). The Bertz CT molecular complexity index is 1070. The molecule has 160 valence electrons. The van der Waals surface area contributed by atoms with Gasteiger partial charge in [-0.2, -0.15) is 0 Å². The Morgan fingerprint density at radius 1 is 0.900 bits per heavy atom. The van der Waals surface area contributed by atoms with E-state index in [2.05, 4.69) is 4.98 Å². The number of alkyl halides is 1. The Kier molecular flexibility index (Phi) is 7.10. The zero-order chi connectivity index (χ0) is 21.5. The number of hydrogen-bond acceptors (Lipinski definition) is 7. The molecule has 0 spiro atoms. The highest BCUT2D eigenvalue weighted by Crippen LogP contribution is 2.34. The minimum absolute atomic E-state index is 0.0422. The zero-order valence-corrected chi connectivity index (χ0v) is 16.1. The molecule has 0 bridgehead atoms. The molecule has 0 aliphatic carbocycles. The summed E-state index contributed by atoms with van der Waals surface area (Å²) in [6.07, 6.45) is 0. The normalized spacial score (nSPS) is 11.1. The fourth-order valence-corrected chi connectivity index (χ4v) is 2.85. The summed E-state index contributed by atoms with van der Waals surface area (Å²) < 4.78 is 27.5. The zero-order valence-electron chi connectivity index (χ0n) is 16.1. The summed E-state index contributed by atoms with van der Waals surface area (Å²) in [5.74, 6) is -0.575. The van der Waals surface area contributed by atoms with E-state index in [0.29, 0.717) is 17.7 Å². The van der Waals surface area contributed by atoms with E-state index >= 15 is 0 Å². The van der Waals surface area contributed by atoms with Crippen molar-refractivity contribution in [1.82, 2.24) is 4.98 Å². The summed E-state index contributed by atoms with van der Waals surface area (Å²) in [6.45, 7) is 0.536. The van der Waals surface area contributed by atoms with Gasteiger partial charge in [0.2, 0.25) is 5.43 Å². The molecule has 0 amide bonds. The van der Waals surface area contributed by atoms with Gasteiger partial charge in [0.1, 0.15) is 19.0 Å². The van der Waals surface area contributed by atoms with Crippen LogP contribution in [0.3, 0.4) is 0 Å². The Morgan fingerprint density at radius 3 is 2.37 bits per heavy atom. The number of benzene rings is 2. The van der Waals surface area contributed by atoms with Gasteiger partial charge in [-0.3, -0.25) is 4.79 Å². The van der Waals surface area contributed by atoms with Crippen LogP contribution in [0.15, 0.2) is 41.2 Å². The third kappa shape index (κ3) is 5.00. The van der Waals surface area contributed by atoms with E-state index in [-0.39, 0.29) is 54.8 Å². The van der Waals surface area contributed by atoms with E-state index < -0.39 is 17.9 Å². The van der Waals surface area contributed by atoms with E-state index in [1.165, 1.54) is 30.3 Å². The van der Waals surface area contributed by atoms with Gasteiger partial charge in [-0.15, -0.1) is 0 Å². The van der Waals surface area contributed by atoms with Crippen LogP contribution in [0.2, 0.25) is 0 Å². The average Bonchev–Trinajstić information content (AvgIpc) is 2.74. The number of ether oxygens (including phenoxy) is 3. The number of H-pyrrole nitrogens is 1. The molecule has 0 fully saturated rings. The van der Waals surface area contributed by atoms with Crippen molar-refractivity contribution in [2.45, 2.75) is 0 Å². The van der Waals surface area contributed by atoms with Gasteiger partial charge in [0.15, 0.2) is 17.2 Å². The molecule has 0 aliphatic heterocycles. The molecule has 2 aromatic carbocycles. The molecule has 0 saturated carbocycles. The van der Waals surface area contributed by atoms with Crippen molar-refractivity contribution in [3.05, 3.63) is 46.6 Å². The van der Waals surface area contributed by atoms with E-state index in [1.54, 1.807) is 6.07 Å². The summed E-state index contributed by atoms with van der Waals surface area (Å²) in [7, 11) is 0. The lowest BCUT2D eigenvalue weighted by molar-refractivity contribution is 0.0322. The van der Waals surface area contributed by atoms with Gasteiger partial charge in [0.05, 0.1) is 43.0 Å². The Labute approximate surface area is 171 Å². The average molecular weight is 419 g/mol. The number of aromatic nitrogens is 1. The lowest BCUT2D eigenvalue weighted by atomic mass is 10.1. The number of hydrogen-bond donors (Lipinski definition) is 4. The molecule has 1 aromatic heterocycles. The summed E-state index contributed by atoms with van der Waals surface area (Å²) in [4.78, 5) is 15.3. The summed E-state index contributed by atoms with van der Waals surface area (Å²) >= 11 is 0. The Morgan fingerprint density at radius 2 is 1.63 bits per heavy atom. The van der Waals surface area contributed by atoms with Crippen LogP contribution in [0.5, 0.6) is 23.0 Å². The van der Waals surface area contributed by atoms with Crippen LogP contribution >= 0.6 is 0 Å². The molecule has 9 heteroatoms. The third-order valence-corrected chi connectivity index (χ3v) is 4.29. The first kappa shape index (κ1) is 21.4. The second kappa shape index (κ2) is 9.95. The van der Waals surface area contributed by atoms with Crippen LogP contribution in [0, 0.1) is 0 Å². The van der Waals surface area contributed by atoms with E-state index in [0.717, 1.165) is 0 Å². The molecule has 0 radical (unpaired) electrons. The van der Waals surface area contributed by atoms with Gasteiger partial charge >= 0.3 is 0 Å². The highest BCUT2D eigenvalue weighted by Gasteiger charge is 2.15. The number of aromatic hydroxyl groups is 3. The van der Waals surface area contributed by atoms with Crippen LogP contribution in [-0.2, 0) is 9.47 Å². The third-order valence-electron chi connectivity index (χ3n) is 4.29. The number of phenols is 2. The molecule has 30 heavy (non-hydrogen) atoms. The van der Waals surface area contributed by atoms with Crippen molar-refractivity contribution in [2.75, 3.05) is 39.7 Å². The van der Waals surface area contributed by atoms with Crippen LogP contribution in [0.4, 0.5) is 4.39 Å². The number of pyridine rings is 1. The minimum atomic E-state index is -0.637. The first-order valence-electron chi connectivity index (χ1n) is 9.27. The smallest absolute Gasteiger partial charge is 0.231 e. The monoisotopic (exact) mass is 419 g/mol. The number of fused-ring (bicyclic) bond motifs is 1. The fraction of sp³-hybridized carbons (Fsp3) is 0.286. The first-order valence-corrected chi connectivity index (χ1v) is 9.27. The van der Waals surface area contributed by atoms with Crippen molar-refractivity contribution in [1.29, 1.82) is 0 Å². The predicted octanol–water partition coefficient (Wildman–Crippen LogP) is 2.69. The van der Waals surface area contributed by atoms with Crippen molar-refractivity contribution in [3.8, 4) is 34.3 Å². The molecular weight excluding hydrogens is 397 g/mol.